The van der Waals surface area contributed by atoms with Crippen LogP contribution in [0.4, 0.5) is 5.82 Å². The van der Waals surface area contributed by atoms with Crippen molar-refractivity contribution in [2.45, 2.75) is 38.1 Å². The van der Waals surface area contributed by atoms with Crippen molar-refractivity contribution in [1.82, 2.24) is 9.97 Å². The van der Waals surface area contributed by atoms with Gasteiger partial charge in [-0.25, -0.2) is 9.97 Å². The maximum Gasteiger partial charge on any atom is 0.311 e. The number of carboxylic acids is 1. The molecule has 0 bridgehead atoms. The fourth-order valence-electron chi connectivity index (χ4n) is 2.92. The number of nitrogens with one attached hydrogen (secondary N) is 1. The van der Waals surface area contributed by atoms with Crippen molar-refractivity contribution in [3.05, 3.63) is 53.5 Å². The summed E-state index contributed by atoms with van der Waals surface area (Å²) < 4.78 is 0. The molecule has 1 aliphatic carbocycles. The molecule has 2 unspecified atom stereocenters. The van der Waals surface area contributed by atoms with Crippen molar-refractivity contribution in [2.24, 2.45) is 0 Å². The third kappa shape index (κ3) is 2.66. The zero-order valence-electron chi connectivity index (χ0n) is 12.7. The Balaban J connectivity index is 1.88. The predicted octanol–water partition coefficient (Wildman–Crippen LogP) is 3.33. The Morgan fingerprint density at radius 1 is 1.27 bits per heavy atom. The van der Waals surface area contributed by atoms with Gasteiger partial charge in [-0.3, -0.25) is 4.79 Å². The van der Waals surface area contributed by atoms with Crippen LogP contribution in [-0.2, 0) is 4.79 Å². The summed E-state index contributed by atoms with van der Waals surface area (Å²) in [7, 11) is 0. The summed E-state index contributed by atoms with van der Waals surface area (Å²) in [5, 5.41) is 12.8. The quantitative estimate of drug-likeness (QED) is 0.905. The predicted molar refractivity (Wildman–Crippen MR) is 83.9 cm³/mol. The van der Waals surface area contributed by atoms with Crippen LogP contribution in [0, 0.1) is 0 Å². The van der Waals surface area contributed by atoms with E-state index < -0.39 is 11.9 Å². The number of hydrogen-bond acceptors (Lipinski definition) is 4. The number of fused-ring (bicyclic) bond motifs is 1. The summed E-state index contributed by atoms with van der Waals surface area (Å²) in [6, 6.07) is 9.50. The van der Waals surface area contributed by atoms with Gasteiger partial charge in [0.2, 0.25) is 0 Å². The average Bonchev–Trinajstić information content (AvgIpc) is 2.87. The lowest BCUT2D eigenvalue weighted by Crippen LogP contribution is -2.12. The van der Waals surface area contributed by atoms with Crippen LogP contribution in [0.2, 0.25) is 0 Å². The van der Waals surface area contributed by atoms with E-state index in [1.54, 1.807) is 6.20 Å². The zero-order valence-corrected chi connectivity index (χ0v) is 12.7. The highest BCUT2D eigenvalue weighted by molar-refractivity contribution is 5.78. The molecule has 2 N–H and O–H groups in total. The van der Waals surface area contributed by atoms with Crippen LogP contribution in [0.25, 0.3) is 0 Å². The monoisotopic (exact) mass is 297 g/mol. The first-order chi connectivity index (χ1) is 10.6. The van der Waals surface area contributed by atoms with Gasteiger partial charge in [0.05, 0.1) is 12.0 Å². The molecule has 3 rings (SSSR count). The summed E-state index contributed by atoms with van der Waals surface area (Å²) in [5.41, 5.74) is 1.94. The number of carbonyl (C=O) groups is 1. The molecule has 5 nitrogen and oxygen atoms in total. The summed E-state index contributed by atoms with van der Waals surface area (Å²) in [6.07, 6.45) is 2.27. The molecule has 0 fully saturated rings. The third-order valence-electron chi connectivity index (χ3n) is 4.03. The van der Waals surface area contributed by atoms with Gasteiger partial charge in [0.1, 0.15) is 11.6 Å². The van der Waals surface area contributed by atoms with Crippen LogP contribution in [0.3, 0.4) is 0 Å². The Kier molecular flexibility index (Phi) is 3.79. The fourth-order valence-corrected chi connectivity index (χ4v) is 2.92. The van der Waals surface area contributed by atoms with Gasteiger partial charge in [-0.15, -0.1) is 0 Å². The number of aliphatic carboxylic acids is 1. The first kappa shape index (κ1) is 14.5. The van der Waals surface area contributed by atoms with Gasteiger partial charge in [-0.05, 0) is 23.6 Å². The van der Waals surface area contributed by atoms with E-state index in [-0.39, 0.29) is 12.0 Å². The Morgan fingerprint density at radius 2 is 2.00 bits per heavy atom. The Bertz CT molecular complexity index is 700. The molecule has 0 radical (unpaired) electrons. The minimum absolute atomic E-state index is 0.0350. The first-order valence-electron chi connectivity index (χ1n) is 7.47. The van der Waals surface area contributed by atoms with Crippen molar-refractivity contribution in [2.75, 3.05) is 5.32 Å². The van der Waals surface area contributed by atoms with Crippen LogP contribution in [-0.4, -0.2) is 21.0 Å². The standard InChI is InChI=1S/C17H19N3O2/c1-10(2)16-18-8-7-15(20-16)19-14-9-13(17(21)22)11-5-3-4-6-12(11)14/h3-8,10,13-14H,9H2,1-2H3,(H,21,22)(H,18,19,20). The average molecular weight is 297 g/mol. The molecule has 2 aromatic rings. The number of benzene rings is 1. The van der Waals surface area contributed by atoms with Crippen LogP contribution in [0.5, 0.6) is 0 Å². The molecule has 0 spiro atoms. The molecule has 22 heavy (non-hydrogen) atoms. The smallest absolute Gasteiger partial charge is 0.311 e. The highest BCUT2D eigenvalue weighted by atomic mass is 16.4. The van der Waals surface area contributed by atoms with E-state index in [1.165, 1.54) is 0 Å². The van der Waals surface area contributed by atoms with Crippen LogP contribution < -0.4 is 5.32 Å². The van der Waals surface area contributed by atoms with Crippen molar-refractivity contribution in [1.29, 1.82) is 0 Å². The summed E-state index contributed by atoms with van der Waals surface area (Å²) in [6.45, 7) is 4.09. The number of aromatic nitrogens is 2. The van der Waals surface area contributed by atoms with Crippen LogP contribution >= 0.6 is 0 Å². The second-order valence-corrected chi connectivity index (χ2v) is 5.91. The second-order valence-electron chi connectivity index (χ2n) is 5.91. The Morgan fingerprint density at radius 3 is 2.68 bits per heavy atom. The molecule has 5 heteroatoms. The maximum atomic E-state index is 11.5. The first-order valence-corrected chi connectivity index (χ1v) is 7.47. The molecular formula is C17H19N3O2. The normalized spacial score (nSPS) is 20.0. The lowest BCUT2D eigenvalue weighted by molar-refractivity contribution is -0.138. The molecular weight excluding hydrogens is 278 g/mol. The molecule has 0 saturated carbocycles. The van der Waals surface area contributed by atoms with Gasteiger partial charge in [0.15, 0.2) is 0 Å². The molecule has 0 saturated heterocycles. The Hall–Kier alpha value is -2.43. The van der Waals surface area contributed by atoms with Crippen molar-refractivity contribution >= 4 is 11.8 Å². The lowest BCUT2D eigenvalue weighted by atomic mass is 10.0. The van der Waals surface area contributed by atoms with E-state index in [0.717, 1.165) is 22.8 Å². The third-order valence-corrected chi connectivity index (χ3v) is 4.03. The van der Waals surface area contributed by atoms with Gasteiger partial charge in [-0.1, -0.05) is 38.1 Å². The van der Waals surface area contributed by atoms with Crippen LogP contribution in [0.1, 0.15) is 55.1 Å². The minimum Gasteiger partial charge on any atom is -0.481 e. The molecule has 0 aliphatic heterocycles. The molecule has 2 atom stereocenters. The van der Waals surface area contributed by atoms with Gasteiger partial charge >= 0.3 is 5.97 Å². The highest BCUT2D eigenvalue weighted by Crippen LogP contribution is 2.41. The number of nitrogens with zero attached hydrogens (tertiary/aromatic N) is 2. The van der Waals surface area contributed by atoms with E-state index in [2.05, 4.69) is 15.3 Å². The van der Waals surface area contributed by atoms with Gasteiger partial charge in [0, 0.05) is 12.1 Å². The molecule has 1 aromatic carbocycles. The lowest BCUT2D eigenvalue weighted by Gasteiger charge is -2.15. The van der Waals surface area contributed by atoms with Crippen molar-refractivity contribution in [3.63, 3.8) is 0 Å². The molecule has 114 valence electrons. The van der Waals surface area contributed by atoms with Crippen molar-refractivity contribution < 1.29 is 9.90 Å². The largest absolute Gasteiger partial charge is 0.481 e. The number of rotatable bonds is 4. The fraction of sp³-hybridized carbons (Fsp3) is 0.353. The van der Waals surface area contributed by atoms with E-state index in [0.29, 0.717) is 6.42 Å². The maximum absolute atomic E-state index is 11.5. The summed E-state index contributed by atoms with van der Waals surface area (Å²) in [4.78, 5) is 20.2. The number of anilines is 1. The van der Waals surface area contributed by atoms with Gasteiger partial charge < -0.3 is 10.4 Å². The highest BCUT2D eigenvalue weighted by Gasteiger charge is 2.35. The second kappa shape index (κ2) is 5.75. The van der Waals surface area contributed by atoms with Gasteiger partial charge in [0.25, 0.3) is 0 Å². The SMILES string of the molecule is CC(C)c1nccc(NC2CC(C(=O)O)c3ccccc32)n1. The summed E-state index contributed by atoms with van der Waals surface area (Å²) in [5.74, 6) is 0.544. The molecule has 1 aromatic heterocycles. The molecule has 0 amide bonds. The molecule has 1 heterocycles. The van der Waals surface area contributed by atoms with E-state index >= 15 is 0 Å². The number of carboxylic acid groups (broad SMARTS) is 1. The Labute approximate surface area is 129 Å². The van der Waals surface area contributed by atoms with E-state index in [4.69, 9.17) is 0 Å². The summed E-state index contributed by atoms with van der Waals surface area (Å²) >= 11 is 0. The van der Waals surface area contributed by atoms with Crippen molar-refractivity contribution in [3.8, 4) is 0 Å². The van der Waals surface area contributed by atoms with E-state index in [1.807, 2.05) is 44.2 Å². The van der Waals surface area contributed by atoms with Crippen LogP contribution in [0.15, 0.2) is 36.5 Å². The zero-order chi connectivity index (χ0) is 15.7. The minimum atomic E-state index is -0.776. The van der Waals surface area contributed by atoms with Gasteiger partial charge in [-0.2, -0.15) is 0 Å². The van der Waals surface area contributed by atoms with E-state index in [9.17, 15) is 9.90 Å². The molecule has 1 aliphatic rings. The topological polar surface area (TPSA) is 75.1 Å². The number of hydrogen-bond donors (Lipinski definition) is 2.